The summed E-state index contributed by atoms with van der Waals surface area (Å²) in [4.78, 5) is 11.4. The number of hydrogen-bond acceptors (Lipinski definition) is 3. The van der Waals surface area contributed by atoms with E-state index >= 15 is 0 Å². The van der Waals surface area contributed by atoms with Gasteiger partial charge in [0.2, 0.25) is 0 Å². The van der Waals surface area contributed by atoms with Crippen molar-refractivity contribution in [3.63, 3.8) is 0 Å². The van der Waals surface area contributed by atoms with Crippen LogP contribution in [0.2, 0.25) is 0 Å². The zero-order chi connectivity index (χ0) is 12.2. The van der Waals surface area contributed by atoms with E-state index in [1.54, 1.807) is 0 Å². The van der Waals surface area contributed by atoms with Crippen LogP contribution in [0.4, 0.5) is 8.78 Å². The van der Waals surface area contributed by atoms with Gasteiger partial charge in [-0.05, 0) is 12.8 Å². The molecule has 0 unspecified atom stereocenters. The highest BCUT2D eigenvalue weighted by molar-refractivity contribution is 5.78. The van der Waals surface area contributed by atoms with Gasteiger partial charge in [0, 0.05) is 12.8 Å². The second-order valence-corrected chi connectivity index (χ2v) is 4.20. The summed E-state index contributed by atoms with van der Waals surface area (Å²) < 4.78 is 33.5. The molecule has 0 saturated heterocycles. The molecule has 0 bridgehead atoms. The highest BCUT2D eigenvalue weighted by Gasteiger charge is 2.43. The Morgan fingerprint density at radius 1 is 1.50 bits per heavy atom. The highest BCUT2D eigenvalue weighted by Crippen LogP contribution is 2.27. The molecule has 16 heavy (non-hydrogen) atoms. The molecule has 1 aliphatic rings. The fourth-order valence-electron chi connectivity index (χ4n) is 1.94. The zero-order valence-electron chi connectivity index (χ0n) is 9.38. The Bertz CT molecular complexity index is 240. The molecule has 1 rings (SSSR count). The Morgan fingerprint density at radius 3 is 2.50 bits per heavy atom. The number of carbonyl (C=O) groups excluding carboxylic acids is 1. The molecule has 0 radical (unpaired) electrons. The van der Waals surface area contributed by atoms with Crippen molar-refractivity contribution in [3.05, 3.63) is 0 Å². The van der Waals surface area contributed by atoms with Gasteiger partial charge in [-0.15, -0.1) is 0 Å². The van der Waals surface area contributed by atoms with Crippen LogP contribution in [-0.4, -0.2) is 37.8 Å². The molecule has 3 N–H and O–H groups in total. The molecular weight excluding hydrogens is 220 g/mol. The molecule has 1 saturated carbocycles. The lowest BCUT2D eigenvalue weighted by atomic mass is 9.81. The first-order valence-corrected chi connectivity index (χ1v) is 5.31. The number of hydrogen-bond donors (Lipinski definition) is 1. The van der Waals surface area contributed by atoms with Crippen molar-refractivity contribution in [1.29, 1.82) is 0 Å². The molecule has 0 aromatic carbocycles. The molecule has 1 aliphatic carbocycles. The van der Waals surface area contributed by atoms with Gasteiger partial charge in [0.25, 0.3) is 6.43 Å². The number of esters is 1. The Kier molecular flexibility index (Phi) is 4.61. The minimum atomic E-state index is -2.44. The Balaban J connectivity index is 2.36. The maximum Gasteiger partial charge on any atom is 0.367 e. The van der Waals surface area contributed by atoms with Crippen molar-refractivity contribution in [2.24, 2.45) is 0 Å². The normalized spacial score (nSPS) is 30.4. The third kappa shape index (κ3) is 3.38. The van der Waals surface area contributed by atoms with Crippen LogP contribution in [0, 0.1) is 0 Å². The predicted octanol–water partition coefficient (Wildman–Crippen LogP) is 0.364. The van der Waals surface area contributed by atoms with Crippen LogP contribution >= 0.6 is 0 Å². The molecule has 0 aromatic heterocycles. The number of carbonyl (C=O) groups is 1. The molecular formula is C10H18F2NO3+. The van der Waals surface area contributed by atoms with Crippen molar-refractivity contribution in [2.45, 2.75) is 43.8 Å². The lowest BCUT2D eigenvalue weighted by molar-refractivity contribution is -0.470. The zero-order valence-corrected chi connectivity index (χ0v) is 9.38. The number of halogens is 2. The summed E-state index contributed by atoms with van der Waals surface area (Å²) in [7, 11) is 1.33. The van der Waals surface area contributed by atoms with Gasteiger partial charge in [-0.25, -0.2) is 13.6 Å². The summed E-state index contributed by atoms with van der Waals surface area (Å²) in [6.07, 6.45) is -0.432. The van der Waals surface area contributed by atoms with Crippen LogP contribution < -0.4 is 5.73 Å². The van der Waals surface area contributed by atoms with Gasteiger partial charge in [-0.1, -0.05) is 0 Å². The lowest BCUT2D eigenvalue weighted by Gasteiger charge is -2.31. The van der Waals surface area contributed by atoms with E-state index in [0.29, 0.717) is 25.7 Å². The minimum absolute atomic E-state index is 0.187. The summed E-state index contributed by atoms with van der Waals surface area (Å²) in [5.74, 6) is -0.334. The molecule has 0 atom stereocenters. The van der Waals surface area contributed by atoms with Gasteiger partial charge < -0.3 is 15.2 Å². The van der Waals surface area contributed by atoms with E-state index in [1.807, 2.05) is 0 Å². The SMILES string of the molecule is COC(=O)C1([NH3+])CCC(OCC(F)F)CC1. The van der Waals surface area contributed by atoms with E-state index in [9.17, 15) is 13.6 Å². The van der Waals surface area contributed by atoms with Crippen LogP contribution in [0.5, 0.6) is 0 Å². The number of methoxy groups -OCH3 is 1. The maximum atomic E-state index is 11.9. The Hall–Kier alpha value is -0.750. The number of rotatable bonds is 4. The first-order chi connectivity index (χ1) is 7.48. The lowest BCUT2D eigenvalue weighted by Crippen LogP contribution is -2.78. The summed E-state index contributed by atoms with van der Waals surface area (Å²) in [5, 5.41) is 0. The van der Waals surface area contributed by atoms with Crippen molar-refractivity contribution < 1.29 is 28.8 Å². The minimum Gasteiger partial charge on any atom is -0.464 e. The molecule has 1 fully saturated rings. The standard InChI is InChI=1S/C10H17F2NO3/c1-15-9(14)10(13)4-2-7(3-5-10)16-6-8(11)12/h7-8H,2-6,13H2,1H3/p+1. The van der Waals surface area contributed by atoms with Crippen LogP contribution in [0.3, 0.4) is 0 Å². The predicted molar refractivity (Wildman–Crippen MR) is 51.8 cm³/mol. The Morgan fingerprint density at radius 2 is 2.06 bits per heavy atom. The number of alkyl halides is 2. The average molecular weight is 238 g/mol. The Labute approximate surface area is 93.1 Å². The third-order valence-corrected chi connectivity index (χ3v) is 2.97. The van der Waals surface area contributed by atoms with E-state index in [-0.39, 0.29) is 12.1 Å². The quantitative estimate of drug-likeness (QED) is 0.719. The molecule has 0 amide bonds. The second-order valence-electron chi connectivity index (χ2n) is 4.20. The molecule has 0 aromatic rings. The fraction of sp³-hybridized carbons (Fsp3) is 0.900. The third-order valence-electron chi connectivity index (χ3n) is 2.97. The topological polar surface area (TPSA) is 63.2 Å². The highest BCUT2D eigenvalue weighted by atomic mass is 19.3. The van der Waals surface area contributed by atoms with Crippen molar-refractivity contribution in [1.82, 2.24) is 0 Å². The van der Waals surface area contributed by atoms with Crippen LogP contribution in [-0.2, 0) is 14.3 Å². The van der Waals surface area contributed by atoms with Gasteiger partial charge in [-0.3, -0.25) is 0 Å². The van der Waals surface area contributed by atoms with Crippen molar-refractivity contribution >= 4 is 5.97 Å². The van der Waals surface area contributed by atoms with Crippen LogP contribution in [0.1, 0.15) is 25.7 Å². The largest absolute Gasteiger partial charge is 0.464 e. The number of quaternary nitrogens is 1. The fourth-order valence-corrected chi connectivity index (χ4v) is 1.94. The van der Waals surface area contributed by atoms with E-state index in [4.69, 9.17) is 4.74 Å². The van der Waals surface area contributed by atoms with Crippen LogP contribution in [0.15, 0.2) is 0 Å². The van der Waals surface area contributed by atoms with Gasteiger partial charge in [0.1, 0.15) is 6.61 Å². The molecule has 0 spiro atoms. The first-order valence-electron chi connectivity index (χ1n) is 5.31. The van der Waals surface area contributed by atoms with E-state index in [2.05, 4.69) is 10.5 Å². The molecule has 4 nitrogen and oxygen atoms in total. The van der Waals surface area contributed by atoms with Crippen LogP contribution in [0.25, 0.3) is 0 Å². The second kappa shape index (κ2) is 5.54. The molecule has 0 aliphatic heterocycles. The van der Waals surface area contributed by atoms with Crippen molar-refractivity contribution in [2.75, 3.05) is 13.7 Å². The van der Waals surface area contributed by atoms with Gasteiger partial charge >= 0.3 is 5.97 Å². The van der Waals surface area contributed by atoms with Gasteiger partial charge in [-0.2, -0.15) is 0 Å². The smallest absolute Gasteiger partial charge is 0.367 e. The van der Waals surface area contributed by atoms with Gasteiger partial charge in [0.15, 0.2) is 5.54 Å². The molecule has 0 heterocycles. The molecule has 6 heteroatoms. The maximum absolute atomic E-state index is 11.9. The summed E-state index contributed by atoms with van der Waals surface area (Å²) >= 11 is 0. The summed E-state index contributed by atoms with van der Waals surface area (Å²) in [6.45, 7) is -0.535. The van der Waals surface area contributed by atoms with Gasteiger partial charge in [0.05, 0.1) is 13.2 Å². The summed E-state index contributed by atoms with van der Waals surface area (Å²) in [5.41, 5.74) is 3.13. The first kappa shape index (κ1) is 13.3. The van der Waals surface area contributed by atoms with Crippen molar-refractivity contribution in [3.8, 4) is 0 Å². The number of ether oxygens (including phenoxy) is 2. The molecule has 94 valence electrons. The van der Waals surface area contributed by atoms with E-state index < -0.39 is 18.6 Å². The summed E-state index contributed by atoms with van der Waals surface area (Å²) in [6, 6.07) is 0. The van der Waals surface area contributed by atoms with E-state index in [1.165, 1.54) is 7.11 Å². The van der Waals surface area contributed by atoms with E-state index in [0.717, 1.165) is 0 Å². The average Bonchev–Trinajstić information content (AvgIpc) is 2.27. The monoisotopic (exact) mass is 238 g/mol.